The molecule has 0 saturated carbocycles. The first-order chi connectivity index (χ1) is 7.93. The third-order valence-corrected chi connectivity index (χ3v) is 2.85. The number of morpholine rings is 1. The summed E-state index contributed by atoms with van der Waals surface area (Å²) >= 11 is 0. The van der Waals surface area contributed by atoms with E-state index in [0.717, 1.165) is 43.4 Å². The minimum atomic E-state index is 0.652. The Labute approximate surface area is 94.1 Å². The molecular formula is C11H14N4O. The van der Waals surface area contributed by atoms with Gasteiger partial charge in [0.05, 0.1) is 13.2 Å². The molecule has 1 aromatic rings. The van der Waals surface area contributed by atoms with Crippen LogP contribution in [0.3, 0.4) is 0 Å². The molecule has 3 rings (SSSR count). The van der Waals surface area contributed by atoms with E-state index in [9.17, 15) is 0 Å². The molecule has 0 aliphatic carbocycles. The Hall–Kier alpha value is -1.62. The van der Waals surface area contributed by atoms with E-state index in [2.05, 4.69) is 26.3 Å². The van der Waals surface area contributed by atoms with E-state index < -0.39 is 0 Å². The third kappa shape index (κ3) is 1.74. The van der Waals surface area contributed by atoms with Crippen molar-refractivity contribution < 1.29 is 4.74 Å². The maximum Gasteiger partial charge on any atom is 0.130 e. The average molecular weight is 218 g/mol. The Bertz CT molecular complexity index is 412. The molecule has 0 amide bonds. The molecule has 2 aliphatic heterocycles. The normalized spacial score (nSPS) is 19.1. The van der Waals surface area contributed by atoms with E-state index >= 15 is 0 Å². The molecule has 1 fully saturated rings. The van der Waals surface area contributed by atoms with Crippen molar-refractivity contribution in [2.24, 2.45) is 4.99 Å². The zero-order chi connectivity index (χ0) is 10.8. The minimum absolute atomic E-state index is 0.652. The summed E-state index contributed by atoms with van der Waals surface area (Å²) in [5.74, 6) is 1.02. The van der Waals surface area contributed by atoms with Crippen LogP contribution in [0.15, 0.2) is 17.3 Å². The molecule has 3 heterocycles. The van der Waals surface area contributed by atoms with Crippen LogP contribution in [-0.2, 0) is 4.74 Å². The van der Waals surface area contributed by atoms with Gasteiger partial charge in [0.2, 0.25) is 0 Å². The second kappa shape index (κ2) is 4.09. The zero-order valence-corrected chi connectivity index (χ0v) is 9.02. The fourth-order valence-corrected chi connectivity index (χ4v) is 1.95. The van der Waals surface area contributed by atoms with Gasteiger partial charge in [-0.1, -0.05) is 0 Å². The highest BCUT2D eigenvalue weighted by Crippen LogP contribution is 2.22. The molecular weight excluding hydrogens is 204 g/mol. The molecule has 0 spiro atoms. The molecule has 1 aromatic heterocycles. The molecule has 0 aromatic carbocycles. The van der Waals surface area contributed by atoms with Gasteiger partial charge in [0.1, 0.15) is 12.5 Å². The molecule has 84 valence electrons. The summed E-state index contributed by atoms with van der Waals surface area (Å²) in [7, 11) is 0. The van der Waals surface area contributed by atoms with Gasteiger partial charge in [-0.3, -0.25) is 4.99 Å². The van der Waals surface area contributed by atoms with E-state index in [1.807, 2.05) is 12.4 Å². The van der Waals surface area contributed by atoms with Crippen molar-refractivity contribution in [1.29, 1.82) is 0 Å². The van der Waals surface area contributed by atoms with Crippen molar-refractivity contribution in [1.82, 2.24) is 4.98 Å². The second-order valence-corrected chi connectivity index (χ2v) is 3.88. The van der Waals surface area contributed by atoms with Crippen molar-refractivity contribution in [3.05, 3.63) is 17.8 Å². The Morgan fingerprint density at radius 3 is 3.06 bits per heavy atom. The lowest BCUT2D eigenvalue weighted by atomic mass is 10.2. The predicted molar refractivity (Wildman–Crippen MR) is 63.4 cm³/mol. The Morgan fingerprint density at radius 1 is 1.31 bits per heavy atom. The summed E-state index contributed by atoms with van der Waals surface area (Å²) in [5.41, 5.74) is 2.18. The number of hydrogen-bond acceptors (Lipinski definition) is 5. The topological polar surface area (TPSA) is 49.8 Å². The van der Waals surface area contributed by atoms with Crippen LogP contribution < -0.4 is 10.2 Å². The number of nitrogens with zero attached hydrogens (tertiary/aromatic N) is 3. The predicted octanol–water partition coefficient (Wildman–Crippen LogP) is 0.720. The smallest absolute Gasteiger partial charge is 0.130 e. The Kier molecular flexibility index (Phi) is 2.46. The molecule has 0 radical (unpaired) electrons. The number of ether oxygens (including phenoxy) is 1. The van der Waals surface area contributed by atoms with Crippen molar-refractivity contribution in [2.45, 2.75) is 0 Å². The van der Waals surface area contributed by atoms with Crippen LogP contribution >= 0.6 is 0 Å². The van der Waals surface area contributed by atoms with Crippen LogP contribution in [0.4, 0.5) is 11.5 Å². The number of aliphatic imine (C=N–C) groups is 1. The van der Waals surface area contributed by atoms with Gasteiger partial charge in [0.15, 0.2) is 0 Å². The fourth-order valence-electron chi connectivity index (χ4n) is 1.95. The lowest BCUT2D eigenvalue weighted by Gasteiger charge is -2.28. The standard InChI is InChI=1S/C11H14N4O/c1-3-16-4-2-15(1)11-5-10-9(7-13-11)6-12-8-14-10/h5-7,14H,1-4,8H2. The van der Waals surface area contributed by atoms with Crippen LogP contribution in [0.5, 0.6) is 0 Å². The number of fused-ring (bicyclic) bond motifs is 1. The molecule has 1 saturated heterocycles. The number of anilines is 2. The number of nitrogens with one attached hydrogen (secondary N) is 1. The van der Waals surface area contributed by atoms with E-state index in [1.54, 1.807) is 0 Å². The van der Waals surface area contributed by atoms with Crippen LogP contribution in [-0.4, -0.2) is 44.2 Å². The van der Waals surface area contributed by atoms with Crippen LogP contribution in [0.1, 0.15) is 5.56 Å². The van der Waals surface area contributed by atoms with Crippen LogP contribution in [0.2, 0.25) is 0 Å². The quantitative estimate of drug-likeness (QED) is 0.754. The second-order valence-electron chi connectivity index (χ2n) is 3.88. The number of pyridine rings is 1. The first-order valence-electron chi connectivity index (χ1n) is 5.50. The van der Waals surface area contributed by atoms with Gasteiger partial charge < -0.3 is 15.0 Å². The van der Waals surface area contributed by atoms with Crippen LogP contribution in [0, 0.1) is 0 Å². The largest absolute Gasteiger partial charge is 0.378 e. The van der Waals surface area contributed by atoms with Gasteiger partial charge in [0, 0.05) is 42.8 Å². The highest BCUT2D eigenvalue weighted by atomic mass is 16.5. The number of aromatic nitrogens is 1. The summed E-state index contributed by atoms with van der Waals surface area (Å²) in [6.07, 6.45) is 3.73. The summed E-state index contributed by atoms with van der Waals surface area (Å²) in [5, 5.41) is 3.25. The molecule has 2 aliphatic rings. The molecule has 0 atom stereocenters. The first-order valence-corrected chi connectivity index (χ1v) is 5.50. The van der Waals surface area contributed by atoms with E-state index in [1.165, 1.54) is 0 Å². The number of hydrogen-bond donors (Lipinski definition) is 1. The van der Waals surface area contributed by atoms with Crippen molar-refractivity contribution >= 4 is 17.7 Å². The summed E-state index contributed by atoms with van der Waals surface area (Å²) in [6, 6.07) is 2.09. The van der Waals surface area contributed by atoms with Crippen molar-refractivity contribution in [2.75, 3.05) is 43.2 Å². The molecule has 16 heavy (non-hydrogen) atoms. The maximum atomic E-state index is 5.33. The summed E-state index contributed by atoms with van der Waals surface area (Å²) in [4.78, 5) is 10.9. The highest BCUT2D eigenvalue weighted by Gasteiger charge is 2.14. The van der Waals surface area contributed by atoms with Gasteiger partial charge in [-0.15, -0.1) is 0 Å². The van der Waals surface area contributed by atoms with Crippen molar-refractivity contribution in [3.63, 3.8) is 0 Å². The van der Waals surface area contributed by atoms with Crippen molar-refractivity contribution in [3.8, 4) is 0 Å². The Morgan fingerprint density at radius 2 is 2.19 bits per heavy atom. The zero-order valence-electron chi connectivity index (χ0n) is 9.02. The average Bonchev–Trinajstić information content (AvgIpc) is 2.39. The monoisotopic (exact) mass is 218 g/mol. The SMILES string of the molecule is C1=NCNc2cc(N3CCOCC3)ncc21. The molecule has 0 unspecified atom stereocenters. The van der Waals surface area contributed by atoms with Gasteiger partial charge in [-0.2, -0.15) is 0 Å². The first kappa shape index (κ1) is 9.59. The molecule has 5 nitrogen and oxygen atoms in total. The van der Waals surface area contributed by atoms with Gasteiger partial charge in [-0.05, 0) is 0 Å². The van der Waals surface area contributed by atoms with E-state index in [4.69, 9.17) is 4.74 Å². The van der Waals surface area contributed by atoms with Crippen LogP contribution in [0.25, 0.3) is 0 Å². The Balaban J connectivity index is 1.87. The molecule has 1 N–H and O–H groups in total. The van der Waals surface area contributed by atoms with E-state index in [-0.39, 0.29) is 0 Å². The van der Waals surface area contributed by atoms with Gasteiger partial charge in [0.25, 0.3) is 0 Å². The maximum absolute atomic E-state index is 5.33. The minimum Gasteiger partial charge on any atom is -0.378 e. The van der Waals surface area contributed by atoms with Gasteiger partial charge >= 0.3 is 0 Å². The lowest BCUT2D eigenvalue weighted by molar-refractivity contribution is 0.122. The fraction of sp³-hybridized carbons (Fsp3) is 0.455. The molecule has 0 bridgehead atoms. The van der Waals surface area contributed by atoms with Gasteiger partial charge in [-0.25, -0.2) is 4.98 Å². The highest BCUT2D eigenvalue weighted by molar-refractivity contribution is 5.89. The summed E-state index contributed by atoms with van der Waals surface area (Å²) in [6.45, 7) is 4.06. The molecule has 5 heteroatoms. The third-order valence-electron chi connectivity index (χ3n) is 2.85. The van der Waals surface area contributed by atoms with E-state index in [0.29, 0.717) is 6.67 Å². The lowest BCUT2D eigenvalue weighted by Crippen LogP contribution is -2.36. The number of rotatable bonds is 1. The summed E-state index contributed by atoms with van der Waals surface area (Å²) < 4.78 is 5.33.